The van der Waals surface area contributed by atoms with Gasteiger partial charge in [-0.1, -0.05) is 76.3 Å². The minimum Gasteiger partial charge on any atom is -0.356 e. The zero-order chi connectivity index (χ0) is 32.3. The minimum absolute atomic E-state index is 0.00711. The average Bonchev–Trinajstić information content (AvgIpc) is 3.46. The van der Waals surface area contributed by atoms with Gasteiger partial charge in [-0.05, 0) is 54.4 Å². The second-order valence-electron chi connectivity index (χ2n) is 10.5. The monoisotopic (exact) mass is 658 g/mol. The zero-order valence-electron chi connectivity index (χ0n) is 26.1. The lowest BCUT2D eigenvalue weighted by molar-refractivity contribution is -0.668. The van der Waals surface area contributed by atoms with E-state index in [1.807, 2.05) is 71.1 Å². The summed E-state index contributed by atoms with van der Waals surface area (Å²) in [7, 11) is -4.34. The molecule has 3 N–H and O–H groups in total. The van der Waals surface area contributed by atoms with E-state index in [9.17, 15) is 17.8 Å². The molecule has 0 radical (unpaired) electrons. The smallest absolute Gasteiger partial charge is 0.294 e. The van der Waals surface area contributed by atoms with Crippen LogP contribution in [0.4, 0.5) is 5.69 Å². The minimum atomic E-state index is -4.34. The Morgan fingerprint density at radius 1 is 1.11 bits per heavy atom. The van der Waals surface area contributed by atoms with Crippen molar-refractivity contribution in [2.45, 2.75) is 70.7 Å². The summed E-state index contributed by atoms with van der Waals surface area (Å²) in [5.41, 5.74) is 3.36. The van der Waals surface area contributed by atoms with E-state index in [0.717, 1.165) is 47.0 Å². The van der Waals surface area contributed by atoms with Gasteiger partial charge in [-0.15, -0.1) is 0 Å². The van der Waals surface area contributed by atoms with Crippen LogP contribution < -0.4 is 14.8 Å². The van der Waals surface area contributed by atoms with Gasteiger partial charge in [-0.2, -0.15) is 13.0 Å². The fourth-order valence-corrected chi connectivity index (χ4v) is 7.06. The maximum Gasteiger partial charge on any atom is 0.294 e. The number of aryl methyl sites for hydroxylation is 1. The Morgan fingerprint density at radius 3 is 2.57 bits per heavy atom. The van der Waals surface area contributed by atoms with Gasteiger partial charge in [0.1, 0.15) is 4.70 Å². The standard InChI is InChI=1S/C31H37N3O5S3.C2H6/c1-4-29(35)32-18-10-19-33-25-17-16-23(42(37,38)39)22-24(25)31(2,3)28(33)14-6-5-7-15-30-34(20-11-21-40-36)26-12-8-9-13-27(26)41-30;1-2/h5-9,12-17,22H,4,10-11,18-21H2,1-3H3,(H2-,32,35,36,37,38,39);1-2H3/p+1. The number of fused-ring (bicyclic) bond motifs is 2. The number of benzene rings is 2. The summed E-state index contributed by atoms with van der Waals surface area (Å²) < 4.78 is 46.1. The van der Waals surface area contributed by atoms with Gasteiger partial charge >= 0.3 is 0 Å². The van der Waals surface area contributed by atoms with Gasteiger partial charge in [0.05, 0.1) is 4.90 Å². The third-order valence-electron chi connectivity index (χ3n) is 7.33. The Labute approximate surface area is 270 Å². The lowest BCUT2D eigenvalue weighted by atomic mass is 9.83. The highest BCUT2D eigenvalue weighted by atomic mass is 32.2. The summed E-state index contributed by atoms with van der Waals surface area (Å²) in [5.74, 6) is 0.687. The van der Waals surface area contributed by atoms with Gasteiger partial charge in [0.2, 0.25) is 11.4 Å². The molecule has 0 bridgehead atoms. The van der Waals surface area contributed by atoms with Crippen LogP contribution in [0.15, 0.2) is 77.4 Å². The number of carbonyl (C=O) groups is 1. The molecule has 0 spiro atoms. The third kappa shape index (κ3) is 8.60. The molecule has 2 heterocycles. The number of hydrogen-bond donors (Lipinski definition) is 3. The van der Waals surface area contributed by atoms with E-state index < -0.39 is 15.5 Å². The number of rotatable bonds is 13. The lowest BCUT2D eigenvalue weighted by Crippen LogP contribution is -2.35. The van der Waals surface area contributed by atoms with Crippen molar-refractivity contribution in [3.05, 3.63) is 83.0 Å². The largest absolute Gasteiger partial charge is 0.356 e. The van der Waals surface area contributed by atoms with Crippen molar-refractivity contribution < 1.29 is 26.9 Å². The van der Waals surface area contributed by atoms with Gasteiger partial charge in [0.15, 0.2) is 6.54 Å². The molecule has 4 rings (SSSR count). The Morgan fingerprint density at radius 2 is 1.86 bits per heavy atom. The van der Waals surface area contributed by atoms with E-state index in [1.165, 1.54) is 16.3 Å². The fraction of sp³-hybridized carbons (Fsp3) is 0.394. The first-order valence-corrected chi connectivity index (χ1v) is 18.2. The Kier molecular flexibility index (Phi) is 13.2. The molecule has 0 aliphatic carbocycles. The molecule has 1 aliphatic rings. The highest BCUT2D eigenvalue weighted by molar-refractivity contribution is 7.93. The summed E-state index contributed by atoms with van der Waals surface area (Å²) >= 11 is 2.59. The van der Waals surface area contributed by atoms with Crippen molar-refractivity contribution in [3.8, 4) is 0 Å². The molecule has 0 unspecified atom stereocenters. The number of nitrogens with zero attached hydrogens (tertiary/aromatic N) is 2. The normalized spacial score (nSPS) is 15.2. The van der Waals surface area contributed by atoms with E-state index in [2.05, 4.69) is 33.0 Å². The van der Waals surface area contributed by atoms with Gasteiger partial charge in [0, 0.05) is 60.6 Å². The molecule has 3 aromatic rings. The predicted octanol–water partition coefficient (Wildman–Crippen LogP) is 7.23. The summed E-state index contributed by atoms with van der Waals surface area (Å²) in [4.78, 5) is 13.7. The van der Waals surface area contributed by atoms with Crippen LogP contribution in [0.25, 0.3) is 16.3 Å². The van der Waals surface area contributed by atoms with Crippen molar-refractivity contribution in [1.29, 1.82) is 0 Å². The molecule has 1 aliphatic heterocycles. The third-order valence-corrected chi connectivity index (χ3v) is 9.78. The van der Waals surface area contributed by atoms with Crippen LogP contribution in [0.2, 0.25) is 0 Å². The van der Waals surface area contributed by atoms with Crippen LogP contribution in [0.1, 0.15) is 64.5 Å². The Balaban J connectivity index is 0.00000259. The number of thiazole rings is 1. The van der Waals surface area contributed by atoms with Gasteiger partial charge in [-0.25, -0.2) is 0 Å². The number of nitrogens with one attached hydrogen (secondary N) is 1. The van der Waals surface area contributed by atoms with Crippen LogP contribution in [-0.2, 0) is 26.9 Å². The van der Waals surface area contributed by atoms with E-state index >= 15 is 0 Å². The molecule has 1 amide bonds. The van der Waals surface area contributed by atoms with Crippen LogP contribution in [0.3, 0.4) is 0 Å². The topological polar surface area (TPSA) is 111 Å². The molecule has 0 fully saturated rings. The van der Waals surface area contributed by atoms with Crippen LogP contribution in [0.5, 0.6) is 0 Å². The first-order chi connectivity index (χ1) is 21.1. The lowest BCUT2D eigenvalue weighted by Gasteiger charge is -2.27. The Hall–Kier alpha value is -2.96. The first-order valence-electron chi connectivity index (χ1n) is 15.0. The summed E-state index contributed by atoms with van der Waals surface area (Å²) in [5, 5.41) is 4.04. The average molecular weight is 659 g/mol. The SMILES string of the molecule is CC.CCC(=O)NCCCN1\C(=C/C=C/C=C/c2sc3ccccc3[n+]2CCCSO)C(C)(C)c2cc(S(=O)(=O)O)ccc21. The number of aromatic nitrogens is 1. The molecular formula is C33H44N3O5S3+. The molecule has 0 saturated carbocycles. The van der Waals surface area contributed by atoms with Crippen LogP contribution >= 0.6 is 23.4 Å². The molecule has 0 atom stereocenters. The summed E-state index contributed by atoms with van der Waals surface area (Å²) in [6, 6.07) is 13.0. The van der Waals surface area contributed by atoms with Gasteiger partial charge in [-0.3, -0.25) is 9.35 Å². The Bertz CT molecular complexity index is 1620. The number of allylic oxidation sites excluding steroid dienone is 5. The molecule has 11 heteroatoms. The molecule has 0 saturated heterocycles. The second kappa shape index (κ2) is 16.4. The number of anilines is 1. The van der Waals surface area contributed by atoms with Crippen molar-refractivity contribution >= 4 is 61.4 Å². The van der Waals surface area contributed by atoms with E-state index in [0.29, 0.717) is 31.7 Å². The van der Waals surface area contributed by atoms with Crippen molar-refractivity contribution in [3.63, 3.8) is 0 Å². The molecule has 1 aromatic heterocycles. The second-order valence-corrected chi connectivity index (χ2v) is 13.7. The highest BCUT2D eigenvalue weighted by Gasteiger charge is 2.40. The molecule has 2 aromatic carbocycles. The van der Waals surface area contributed by atoms with Gasteiger partial charge < -0.3 is 14.8 Å². The number of amides is 1. The van der Waals surface area contributed by atoms with Crippen molar-refractivity contribution in [2.75, 3.05) is 23.7 Å². The maximum absolute atomic E-state index is 11.9. The van der Waals surface area contributed by atoms with E-state index in [4.69, 9.17) is 4.55 Å². The van der Waals surface area contributed by atoms with E-state index in [-0.39, 0.29) is 10.8 Å². The maximum atomic E-state index is 11.9. The van der Waals surface area contributed by atoms with Gasteiger partial charge in [0.25, 0.3) is 15.1 Å². The number of carbonyl (C=O) groups excluding carboxylic acids is 1. The quantitative estimate of drug-likeness (QED) is 0.0585. The zero-order valence-corrected chi connectivity index (χ0v) is 28.6. The molecular weight excluding hydrogens is 615 g/mol. The first kappa shape index (κ1) is 35.5. The van der Waals surface area contributed by atoms with Crippen LogP contribution in [0, 0.1) is 0 Å². The molecule has 44 heavy (non-hydrogen) atoms. The fourth-order valence-electron chi connectivity index (χ4n) is 5.19. The van der Waals surface area contributed by atoms with E-state index in [1.54, 1.807) is 23.5 Å². The van der Waals surface area contributed by atoms with Crippen LogP contribution in [-0.4, -0.2) is 42.3 Å². The number of para-hydroxylation sites is 1. The summed E-state index contributed by atoms with van der Waals surface area (Å²) in [6.45, 7) is 11.9. The number of hydrogen-bond acceptors (Lipinski definition) is 7. The summed E-state index contributed by atoms with van der Waals surface area (Å²) in [6.07, 6.45) is 12.1. The predicted molar refractivity (Wildman–Crippen MR) is 184 cm³/mol. The van der Waals surface area contributed by atoms with Crippen molar-refractivity contribution in [1.82, 2.24) is 5.32 Å². The molecule has 8 nitrogen and oxygen atoms in total. The van der Waals surface area contributed by atoms with Crippen molar-refractivity contribution in [2.24, 2.45) is 0 Å². The highest BCUT2D eigenvalue weighted by Crippen LogP contribution is 2.48. The molecule has 238 valence electrons.